The highest BCUT2D eigenvalue weighted by Gasteiger charge is 2.49. The van der Waals surface area contributed by atoms with Crippen LogP contribution in [0.3, 0.4) is 0 Å². The molecule has 474 valence electrons. The third-order valence-corrected chi connectivity index (χ3v) is 24.8. The maximum Gasteiger partial charge on any atom is 0.135 e. The standard InChI is InChI=1S/C48H36N2O.C45H39NS/c1-47(2)37-23-19-29-13-11-12-18-34(29)42(37)35-22-26-41-43(44(35)48(47,3)4)36-27-32(21-25-40(36)51-41)33-20-24-38-39(28-33)50-46(31-16-9-6-10-17-31)45(49-38)30-14-7-5-8-15-30;1-43(2)35-20-12-10-17-30(35)32-24-23-29(27-37(32)43)46(28-15-8-7-9-16-28)38-22-14-19-34-40-39(47-42(34)38)26-25-33-31-18-11-13-21-36(31)44(3,4)45(5,6)41(33)40/h5-28H,1-4H3;7-27H,1-6H3. The Morgan fingerprint density at radius 1 is 0.337 bits per heavy atom. The molecule has 3 aliphatic carbocycles. The first-order chi connectivity index (χ1) is 47.4. The lowest BCUT2D eigenvalue weighted by Crippen LogP contribution is -2.43. The van der Waals surface area contributed by atoms with E-state index in [0.29, 0.717) is 0 Å². The number of hydrogen-bond donors (Lipinski definition) is 0. The Hall–Kier alpha value is -10.7. The zero-order valence-electron chi connectivity index (χ0n) is 57.1. The van der Waals surface area contributed by atoms with Gasteiger partial charge in [-0.1, -0.05) is 275 Å². The van der Waals surface area contributed by atoms with E-state index in [4.69, 9.17) is 14.4 Å². The van der Waals surface area contributed by atoms with Gasteiger partial charge in [-0.25, -0.2) is 9.97 Å². The Kier molecular flexibility index (Phi) is 13.2. The number of furan rings is 1. The molecule has 0 aliphatic heterocycles. The van der Waals surface area contributed by atoms with E-state index in [1.165, 1.54) is 120 Å². The van der Waals surface area contributed by atoms with Crippen LogP contribution in [0.1, 0.15) is 103 Å². The summed E-state index contributed by atoms with van der Waals surface area (Å²) in [5.41, 5.74) is 29.3. The highest BCUT2D eigenvalue weighted by atomic mass is 32.1. The summed E-state index contributed by atoms with van der Waals surface area (Å²) in [5, 5.41) is 7.67. The van der Waals surface area contributed by atoms with Crippen LogP contribution in [0, 0.1) is 0 Å². The Labute approximate surface area is 577 Å². The molecular weight excluding hydrogens is 1210 g/mol. The van der Waals surface area contributed by atoms with Gasteiger partial charge in [0.1, 0.15) is 11.2 Å². The maximum atomic E-state index is 6.61. The summed E-state index contributed by atoms with van der Waals surface area (Å²) in [4.78, 5) is 12.9. The third kappa shape index (κ3) is 8.67. The Morgan fingerprint density at radius 3 is 1.63 bits per heavy atom. The van der Waals surface area contributed by atoms with Crippen molar-refractivity contribution in [2.24, 2.45) is 0 Å². The van der Waals surface area contributed by atoms with E-state index in [-0.39, 0.29) is 27.1 Å². The lowest BCUT2D eigenvalue weighted by Gasteiger charge is -2.49. The number of thiophene rings is 1. The summed E-state index contributed by atoms with van der Waals surface area (Å²) in [6, 6.07) is 99.3. The van der Waals surface area contributed by atoms with Crippen molar-refractivity contribution >= 4 is 92.3 Å². The number of anilines is 3. The second-order valence-electron chi connectivity index (χ2n) is 30.0. The van der Waals surface area contributed by atoms with Crippen molar-refractivity contribution in [1.29, 1.82) is 0 Å². The lowest BCUT2D eigenvalue weighted by atomic mass is 9.54. The summed E-state index contributed by atoms with van der Waals surface area (Å²) in [5.74, 6) is 0. The van der Waals surface area contributed by atoms with Crippen molar-refractivity contribution in [2.75, 3.05) is 4.90 Å². The number of fused-ring (bicyclic) bond motifs is 20. The summed E-state index contributed by atoms with van der Waals surface area (Å²) in [7, 11) is 0. The van der Waals surface area contributed by atoms with E-state index in [9.17, 15) is 0 Å². The Bertz CT molecular complexity index is 5970. The van der Waals surface area contributed by atoms with Gasteiger partial charge in [-0.05, 0) is 166 Å². The summed E-state index contributed by atoms with van der Waals surface area (Å²) < 4.78 is 9.30. The zero-order chi connectivity index (χ0) is 66.8. The molecule has 98 heavy (non-hydrogen) atoms. The van der Waals surface area contributed by atoms with Crippen LogP contribution in [0.2, 0.25) is 0 Å². The fourth-order valence-electron chi connectivity index (χ4n) is 17.1. The highest BCUT2D eigenvalue weighted by molar-refractivity contribution is 7.26. The zero-order valence-corrected chi connectivity index (χ0v) is 58.0. The van der Waals surface area contributed by atoms with Gasteiger partial charge in [-0.2, -0.15) is 0 Å². The van der Waals surface area contributed by atoms with Crippen LogP contribution in [0.5, 0.6) is 0 Å². The van der Waals surface area contributed by atoms with E-state index < -0.39 is 0 Å². The average Bonchev–Trinajstić information content (AvgIpc) is 1.05. The van der Waals surface area contributed by atoms with Crippen molar-refractivity contribution in [3.8, 4) is 67.0 Å². The third-order valence-electron chi connectivity index (χ3n) is 23.6. The van der Waals surface area contributed by atoms with Crippen molar-refractivity contribution in [1.82, 2.24) is 9.97 Å². The molecule has 0 saturated heterocycles. The quantitative estimate of drug-likeness (QED) is 0.166. The fraction of sp³-hybridized carbons (Fsp3) is 0.161. The average molecular weight is 1280 g/mol. The molecule has 19 rings (SSSR count). The summed E-state index contributed by atoms with van der Waals surface area (Å²) in [6.07, 6.45) is 0. The van der Waals surface area contributed by atoms with Crippen LogP contribution in [0.4, 0.5) is 17.1 Å². The molecule has 0 fully saturated rings. The van der Waals surface area contributed by atoms with Gasteiger partial charge in [0, 0.05) is 65.0 Å². The van der Waals surface area contributed by atoms with Gasteiger partial charge in [0.05, 0.1) is 32.8 Å². The molecule has 0 N–H and O–H groups in total. The number of rotatable bonds is 6. The van der Waals surface area contributed by atoms with E-state index in [1.54, 1.807) is 0 Å². The van der Waals surface area contributed by atoms with Crippen LogP contribution in [0.15, 0.2) is 277 Å². The molecule has 0 spiro atoms. The van der Waals surface area contributed by atoms with Crippen molar-refractivity contribution in [3.05, 3.63) is 306 Å². The largest absolute Gasteiger partial charge is 0.456 e. The highest BCUT2D eigenvalue weighted by Crippen LogP contribution is 2.61. The molecule has 16 aromatic rings. The molecular formula is C93H75N3OS. The molecule has 13 aromatic carbocycles. The monoisotopic (exact) mass is 1280 g/mol. The van der Waals surface area contributed by atoms with Crippen LogP contribution in [-0.4, -0.2) is 9.97 Å². The number of aromatic nitrogens is 2. The molecule has 0 bridgehead atoms. The first-order valence-electron chi connectivity index (χ1n) is 34.5. The molecule has 3 heterocycles. The van der Waals surface area contributed by atoms with Gasteiger partial charge in [0.15, 0.2) is 0 Å². The van der Waals surface area contributed by atoms with Crippen LogP contribution < -0.4 is 4.90 Å². The van der Waals surface area contributed by atoms with Crippen molar-refractivity contribution in [3.63, 3.8) is 0 Å². The van der Waals surface area contributed by atoms with Crippen LogP contribution in [0.25, 0.3) is 131 Å². The van der Waals surface area contributed by atoms with E-state index in [2.05, 4.69) is 335 Å². The minimum atomic E-state index is -0.174. The fourth-order valence-corrected chi connectivity index (χ4v) is 18.4. The van der Waals surface area contributed by atoms with Crippen LogP contribution >= 0.6 is 11.3 Å². The predicted molar refractivity (Wildman–Crippen MR) is 415 cm³/mol. The smallest absolute Gasteiger partial charge is 0.135 e. The first kappa shape index (κ1) is 59.7. The van der Waals surface area contributed by atoms with Gasteiger partial charge >= 0.3 is 0 Å². The van der Waals surface area contributed by atoms with Gasteiger partial charge in [-0.3, -0.25) is 0 Å². The molecule has 0 saturated carbocycles. The van der Waals surface area contributed by atoms with E-state index in [0.717, 1.165) is 61.2 Å². The van der Waals surface area contributed by atoms with Gasteiger partial charge in [0.25, 0.3) is 0 Å². The van der Waals surface area contributed by atoms with Crippen LogP contribution in [-0.2, 0) is 27.1 Å². The first-order valence-corrected chi connectivity index (χ1v) is 35.4. The molecule has 4 nitrogen and oxygen atoms in total. The molecule has 3 aliphatic rings. The number of nitrogens with zero attached hydrogens (tertiary/aromatic N) is 3. The molecule has 0 unspecified atom stereocenters. The van der Waals surface area contributed by atoms with Crippen molar-refractivity contribution < 1.29 is 4.42 Å². The molecule has 0 amide bonds. The van der Waals surface area contributed by atoms with Gasteiger partial charge in [-0.15, -0.1) is 11.3 Å². The van der Waals surface area contributed by atoms with Crippen molar-refractivity contribution in [2.45, 2.75) is 96.3 Å². The van der Waals surface area contributed by atoms with Gasteiger partial charge < -0.3 is 9.32 Å². The van der Waals surface area contributed by atoms with Gasteiger partial charge in [0.2, 0.25) is 0 Å². The number of hydrogen-bond acceptors (Lipinski definition) is 5. The summed E-state index contributed by atoms with van der Waals surface area (Å²) in [6.45, 7) is 24.1. The Morgan fingerprint density at radius 2 is 0.898 bits per heavy atom. The second-order valence-corrected chi connectivity index (χ2v) is 31.0. The minimum absolute atomic E-state index is 0.0262. The predicted octanol–water partition coefficient (Wildman–Crippen LogP) is 26.0. The maximum absolute atomic E-state index is 6.61. The number of para-hydroxylation sites is 1. The second kappa shape index (κ2) is 21.6. The molecule has 3 aromatic heterocycles. The molecule has 5 heteroatoms. The topological polar surface area (TPSA) is 42.2 Å². The Balaban J connectivity index is 0.000000143. The lowest BCUT2D eigenvalue weighted by molar-refractivity contribution is 0.301. The normalized spacial score (nSPS) is 15.4. The minimum Gasteiger partial charge on any atom is -0.456 e. The number of benzene rings is 13. The SMILES string of the molecule is CC1(C)c2ccc3ccccc3c2-c2ccc3oc4ccc(-c5ccc6nc(-c7ccccc7)c(-c7ccccc7)nc6c5)cc4c3c2C1(C)C.CC1(C)c2ccccc2-c2ccc(N(c3ccccc3)c3cccc4c3sc3ccc5c(c34)C(C)(C)C(C)(C)c3ccccc3-5)cc21. The summed E-state index contributed by atoms with van der Waals surface area (Å²) >= 11 is 1.93. The molecule has 0 atom stereocenters. The van der Waals surface area contributed by atoms with E-state index in [1.807, 2.05) is 23.5 Å². The van der Waals surface area contributed by atoms with E-state index >= 15 is 0 Å². The molecule has 0 radical (unpaired) electrons.